The molecule has 0 aromatic heterocycles. The normalized spacial score (nSPS) is 26.8. The molecule has 72 valence electrons. The first-order valence-electron chi connectivity index (χ1n) is 3.73. The van der Waals surface area contributed by atoms with Crippen LogP contribution in [0, 0.1) is 5.92 Å². The molecule has 3 heteroatoms. The van der Waals surface area contributed by atoms with Gasteiger partial charge in [-0.2, -0.15) is 0 Å². The Morgan fingerprint density at radius 3 is 2.58 bits per heavy atom. The van der Waals surface area contributed by atoms with Crippen molar-refractivity contribution in [3.63, 3.8) is 0 Å². The molecule has 2 atom stereocenters. The summed E-state index contributed by atoms with van der Waals surface area (Å²) in [6, 6.07) is 0. The second kappa shape index (κ2) is 7.03. The van der Waals surface area contributed by atoms with E-state index in [9.17, 15) is 0 Å². The highest BCUT2D eigenvalue weighted by molar-refractivity contribution is 4.95. The van der Waals surface area contributed by atoms with E-state index < -0.39 is 0 Å². The van der Waals surface area contributed by atoms with Gasteiger partial charge >= 0.3 is 0 Å². The summed E-state index contributed by atoms with van der Waals surface area (Å²) in [5.74, 6) is 0.689. The predicted molar refractivity (Wildman–Crippen MR) is 51.5 cm³/mol. The summed E-state index contributed by atoms with van der Waals surface area (Å²) in [6.45, 7) is 6.64. The molecule has 0 bridgehead atoms. The SMILES string of the molecule is C=CC1OCC1C/C=C\C.N.O. The topological polar surface area (TPSA) is 75.7 Å². The molecule has 1 saturated heterocycles. The van der Waals surface area contributed by atoms with E-state index in [1.165, 1.54) is 0 Å². The molecule has 1 fully saturated rings. The minimum absolute atomic E-state index is 0. The van der Waals surface area contributed by atoms with Gasteiger partial charge in [-0.1, -0.05) is 18.2 Å². The van der Waals surface area contributed by atoms with Crippen molar-refractivity contribution in [2.45, 2.75) is 19.4 Å². The molecule has 1 aliphatic rings. The smallest absolute Gasteiger partial charge is 0.0806 e. The monoisotopic (exact) mass is 173 g/mol. The summed E-state index contributed by atoms with van der Waals surface area (Å²) in [7, 11) is 0. The van der Waals surface area contributed by atoms with E-state index in [1.807, 2.05) is 13.0 Å². The van der Waals surface area contributed by atoms with Crippen LogP contribution in [0.4, 0.5) is 0 Å². The molecule has 0 radical (unpaired) electrons. The second-order valence-corrected chi connectivity index (χ2v) is 2.60. The molecule has 0 amide bonds. The molecule has 5 N–H and O–H groups in total. The predicted octanol–water partition coefficient (Wildman–Crippen LogP) is 1.49. The molecule has 12 heavy (non-hydrogen) atoms. The zero-order valence-electron chi connectivity index (χ0n) is 7.62. The number of ether oxygens (including phenoxy) is 1. The lowest BCUT2D eigenvalue weighted by molar-refractivity contribution is -0.0827. The number of hydrogen-bond acceptors (Lipinski definition) is 2. The average molecular weight is 173 g/mol. The fourth-order valence-corrected chi connectivity index (χ4v) is 1.12. The van der Waals surface area contributed by atoms with Gasteiger partial charge in [0.05, 0.1) is 12.7 Å². The maximum atomic E-state index is 5.24. The molecule has 0 aliphatic carbocycles. The molecule has 0 aromatic carbocycles. The van der Waals surface area contributed by atoms with Gasteiger partial charge in [-0.05, 0) is 13.3 Å². The van der Waals surface area contributed by atoms with Crippen LogP contribution in [0.5, 0.6) is 0 Å². The Morgan fingerprint density at radius 1 is 1.58 bits per heavy atom. The van der Waals surface area contributed by atoms with Crippen molar-refractivity contribution in [2.75, 3.05) is 6.61 Å². The standard InChI is InChI=1S/C9H14O.H3N.H2O/c1-3-5-6-8-7-10-9(8)4-2;;/h3-5,8-9H,2,6-7H2,1H3;1H3;1H2/b5-3-;;. The highest BCUT2D eigenvalue weighted by Crippen LogP contribution is 2.24. The van der Waals surface area contributed by atoms with Crippen LogP contribution in [0.2, 0.25) is 0 Å². The molecular weight excluding hydrogens is 154 g/mol. The quantitative estimate of drug-likeness (QED) is 0.656. The van der Waals surface area contributed by atoms with Crippen LogP contribution in [0.3, 0.4) is 0 Å². The van der Waals surface area contributed by atoms with E-state index in [0.717, 1.165) is 13.0 Å². The van der Waals surface area contributed by atoms with E-state index in [2.05, 4.69) is 18.7 Å². The van der Waals surface area contributed by atoms with E-state index >= 15 is 0 Å². The Kier molecular flexibility index (Phi) is 8.16. The summed E-state index contributed by atoms with van der Waals surface area (Å²) < 4.78 is 5.24. The minimum atomic E-state index is 0. The lowest BCUT2D eigenvalue weighted by atomic mass is 9.94. The highest BCUT2D eigenvalue weighted by Gasteiger charge is 2.27. The van der Waals surface area contributed by atoms with Crippen LogP contribution < -0.4 is 6.15 Å². The second-order valence-electron chi connectivity index (χ2n) is 2.60. The summed E-state index contributed by atoms with van der Waals surface area (Å²) in [5.41, 5.74) is 0. The maximum absolute atomic E-state index is 5.24. The minimum Gasteiger partial charge on any atom is -0.412 e. The van der Waals surface area contributed by atoms with Crippen molar-refractivity contribution in [1.29, 1.82) is 0 Å². The van der Waals surface area contributed by atoms with Crippen molar-refractivity contribution in [1.82, 2.24) is 6.15 Å². The number of allylic oxidation sites excluding steroid dienone is 2. The molecule has 1 heterocycles. The number of rotatable bonds is 3. The Hall–Kier alpha value is -0.640. The first-order valence-corrected chi connectivity index (χ1v) is 3.73. The highest BCUT2D eigenvalue weighted by atomic mass is 16.5. The van der Waals surface area contributed by atoms with Crippen LogP contribution in [0.25, 0.3) is 0 Å². The molecule has 0 spiro atoms. The Balaban J connectivity index is 0. The van der Waals surface area contributed by atoms with Crippen LogP contribution in [-0.2, 0) is 4.74 Å². The van der Waals surface area contributed by atoms with Crippen molar-refractivity contribution in [3.05, 3.63) is 24.8 Å². The summed E-state index contributed by atoms with van der Waals surface area (Å²) in [6.07, 6.45) is 7.60. The zero-order chi connectivity index (χ0) is 7.40. The molecule has 0 saturated carbocycles. The number of hydrogen-bond donors (Lipinski definition) is 1. The maximum Gasteiger partial charge on any atom is 0.0806 e. The lowest BCUT2D eigenvalue weighted by Crippen LogP contribution is -2.37. The third-order valence-corrected chi connectivity index (χ3v) is 1.87. The van der Waals surface area contributed by atoms with Crippen molar-refractivity contribution in [2.24, 2.45) is 5.92 Å². The molecule has 2 unspecified atom stereocenters. The summed E-state index contributed by atoms with van der Waals surface area (Å²) >= 11 is 0. The molecule has 1 rings (SSSR count). The van der Waals surface area contributed by atoms with E-state index in [4.69, 9.17) is 4.74 Å². The average Bonchev–Trinajstić information content (AvgIpc) is 1.88. The van der Waals surface area contributed by atoms with Gasteiger partial charge in [0.2, 0.25) is 0 Å². The van der Waals surface area contributed by atoms with Gasteiger partial charge in [0.25, 0.3) is 0 Å². The van der Waals surface area contributed by atoms with Gasteiger partial charge in [-0.15, -0.1) is 6.58 Å². The van der Waals surface area contributed by atoms with Gasteiger partial charge < -0.3 is 16.4 Å². The van der Waals surface area contributed by atoms with Gasteiger partial charge in [-0.25, -0.2) is 0 Å². The fourth-order valence-electron chi connectivity index (χ4n) is 1.12. The molecule has 3 nitrogen and oxygen atoms in total. The first-order chi connectivity index (χ1) is 4.88. The lowest BCUT2D eigenvalue weighted by Gasteiger charge is -2.33. The van der Waals surface area contributed by atoms with Crippen LogP contribution in [0.1, 0.15) is 13.3 Å². The summed E-state index contributed by atoms with van der Waals surface area (Å²) in [4.78, 5) is 0. The third kappa shape index (κ3) is 3.17. The van der Waals surface area contributed by atoms with Gasteiger partial charge in [-0.3, -0.25) is 0 Å². The molecule has 1 aliphatic heterocycles. The zero-order valence-corrected chi connectivity index (χ0v) is 7.62. The van der Waals surface area contributed by atoms with Gasteiger partial charge in [0.15, 0.2) is 0 Å². The van der Waals surface area contributed by atoms with Gasteiger partial charge in [0, 0.05) is 5.92 Å². The Labute approximate surface area is 74.0 Å². The fraction of sp³-hybridized carbons (Fsp3) is 0.556. The Morgan fingerprint density at radius 2 is 2.25 bits per heavy atom. The largest absolute Gasteiger partial charge is 0.412 e. The van der Waals surface area contributed by atoms with Crippen LogP contribution in [0.15, 0.2) is 24.8 Å². The van der Waals surface area contributed by atoms with Crippen LogP contribution in [-0.4, -0.2) is 18.2 Å². The first kappa shape index (κ1) is 13.9. The Bertz CT molecular complexity index is 145. The van der Waals surface area contributed by atoms with Crippen LogP contribution >= 0.6 is 0 Å². The van der Waals surface area contributed by atoms with Crippen molar-refractivity contribution >= 4 is 0 Å². The van der Waals surface area contributed by atoms with E-state index in [0.29, 0.717) is 12.0 Å². The van der Waals surface area contributed by atoms with E-state index in [1.54, 1.807) is 0 Å². The van der Waals surface area contributed by atoms with E-state index in [-0.39, 0.29) is 11.6 Å². The van der Waals surface area contributed by atoms with Crippen molar-refractivity contribution in [3.8, 4) is 0 Å². The summed E-state index contributed by atoms with van der Waals surface area (Å²) in [5, 5.41) is 0. The van der Waals surface area contributed by atoms with Gasteiger partial charge in [0.1, 0.15) is 0 Å². The third-order valence-electron chi connectivity index (χ3n) is 1.87. The molecule has 0 aromatic rings. The van der Waals surface area contributed by atoms with Crippen molar-refractivity contribution < 1.29 is 10.2 Å². The molecular formula is C9H19NO2.